The number of pyridine rings is 1. The van der Waals surface area contributed by atoms with Crippen molar-refractivity contribution in [2.45, 2.75) is 12.8 Å². The second-order valence-corrected chi connectivity index (χ2v) is 3.02. The first-order valence-corrected chi connectivity index (χ1v) is 4.45. The van der Waals surface area contributed by atoms with Crippen LogP contribution in [0.2, 0.25) is 0 Å². The second kappa shape index (κ2) is 5.28. The summed E-state index contributed by atoms with van der Waals surface area (Å²) in [4.78, 5) is 23.6. The molecule has 1 aromatic rings. The maximum absolute atomic E-state index is 12.6. The number of carbonyl (C=O) groups is 1. The summed E-state index contributed by atoms with van der Waals surface area (Å²) in [5, 5.41) is 10.4. The molecule has 0 saturated heterocycles. The topological polar surface area (TPSA) is 82.3 Å². The summed E-state index contributed by atoms with van der Waals surface area (Å²) >= 11 is 0. The van der Waals surface area contributed by atoms with Gasteiger partial charge in [-0.05, 0) is 16.0 Å². The van der Waals surface area contributed by atoms with Crippen molar-refractivity contribution >= 4 is 11.8 Å². The fourth-order valence-corrected chi connectivity index (χ4v) is 1.16. The summed E-state index contributed by atoms with van der Waals surface area (Å²) in [6.45, 7) is 0. The van der Waals surface area contributed by atoms with E-state index in [1.54, 1.807) is 0 Å². The van der Waals surface area contributed by atoms with E-state index in [-0.39, 0.29) is 5.56 Å². The summed E-state index contributed by atoms with van der Waals surface area (Å²) in [5.41, 5.74) is -0.859. The summed E-state index contributed by atoms with van der Waals surface area (Å²) in [5.74, 6) is -1.41. The van der Waals surface area contributed by atoms with Gasteiger partial charge in [0.1, 0.15) is 0 Å². The molecule has 1 aromatic heterocycles. The van der Waals surface area contributed by atoms with Crippen molar-refractivity contribution in [3.8, 4) is 0 Å². The number of hydrogen-bond acceptors (Lipinski definition) is 5. The van der Waals surface area contributed by atoms with E-state index in [4.69, 9.17) is 0 Å². The van der Waals surface area contributed by atoms with Crippen molar-refractivity contribution in [1.82, 2.24) is 4.98 Å². The molecule has 0 N–H and O–H groups in total. The Bertz CT molecular complexity index is 451. The number of hydrogen-bond donors (Lipinski definition) is 0. The number of esters is 1. The average molecular weight is 246 g/mol. The smallest absolute Gasteiger partial charge is 0.363 e. The predicted molar refractivity (Wildman–Crippen MR) is 51.6 cm³/mol. The molecule has 0 aliphatic heterocycles. The molecule has 0 unspecified atom stereocenters. The van der Waals surface area contributed by atoms with E-state index in [0.717, 1.165) is 19.2 Å². The Morgan fingerprint density at radius 1 is 1.59 bits per heavy atom. The van der Waals surface area contributed by atoms with Crippen LogP contribution in [0.25, 0.3) is 0 Å². The summed E-state index contributed by atoms with van der Waals surface area (Å²) in [6, 6.07) is 2.04. The third-order valence-electron chi connectivity index (χ3n) is 1.95. The Morgan fingerprint density at radius 2 is 2.24 bits per heavy atom. The van der Waals surface area contributed by atoms with Crippen LogP contribution < -0.4 is 0 Å². The lowest BCUT2D eigenvalue weighted by molar-refractivity contribution is -0.389. The number of halogens is 2. The van der Waals surface area contributed by atoms with Crippen LogP contribution in [0.15, 0.2) is 12.1 Å². The molecule has 0 spiro atoms. The first kappa shape index (κ1) is 12.9. The van der Waals surface area contributed by atoms with E-state index in [0.29, 0.717) is 0 Å². The van der Waals surface area contributed by atoms with Gasteiger partial charge in [-0.3, -0.25) is 4.79 Å². The lowest BCUT2D eigenvalue weighted by atomic mass is 10.1. The Balaban J connectivity index is 3.13. The monoisotopic (exact) mass is 246 g/mol. The van der Waals surface area contributed by atoms with E-state index in [2.05, 4.69) is 9.72 Å². The lowest BCUT2D eigenvalue weighted by Gasteiger charge is -2.03. The molecule has 0 radical (unpaired) electrons. The molecule has 8 heteroatoms. The Kier molecular flexibility index (Phi) is 4.02. The summed E-state index contributed by atoms with van der Waals surface area (Å²) in [7, 11) is 1.11. The minimum Gasteiger partial charge on any atom is -0.469 e. The quantitative estimate of drug-likeness (QED) is 0.458. The molecule has 0 atom stereocenters. The van der Waals surface area contributed by atoms with Gasteiger partial charge in [0.05, 0.1) is 13.5 Å². The number of ether oxygens (including phenoxy) is 1. The Morgan fingerprint density at radius 3 is 2.71 bits per heavy atom. The van der Waals surface area contributed by atoms with Gasteiger partial charge in [0.25, 0.3) is 0 Å². The Hall–Kier alpha value is -2.12. The highest BCUT2D eigenvalue weighted by molar-refractivity contribution is 5.72. The van der Waals surface area contributed by atoms with Crippen molar-refractivity contribution in [2.75, 3.05) is 7.11 Å². The number of aromatic nitrogens is 1. The van der Waals surface area contributed by atoms with Crippen LogP contribution in [-0.4, -0.2) is 23.0 Å². The van der Waals surface area contributed by atoms with Crippen LogP contribution in [0.1, 0.15) is 17.7 Å². The van der Waals surface area contributed by atoms with E-state index >= 15 is 0 Å². The van der Waals surface area contributed by atoms with E-state index in [9.17, 15) is 23.7 Å². The van der Waals surface area contributed by atoms with Crippen LogP contribution in [-0.2, 0) is 16.0 Å². The highest BCUT2D eigenvalue weighted by Gasteiger charge is 2.24. The molecule has 0 aromatic carbocycles. The van der Waals surface area contributed by atoms with Gasteiger partial charge in [0.2, 0.25) is 5.69 Å². The minimum absolute atomic E-state index is 0.0857. The Labute approximate surface area is 94.4 Å². The van der Waals surface area contributed by atoms with E-state index in [1.807, 2.05) is 0 Å². The van der Waals surface area contributed by atoms with Gasteiger partial charge in [-0.2, -0.15) is 0 Å². The molecule has 0 saturated carbocycles. The number of nitro groups is 1. The highest BCUT2D eigenvalue weighted by Crippen LogP contribution is 2.24. The molecule has 0 amide bonds. The first-order chi connectivity index (χ1) is 7.95. The zero-order valence-electron chi connectivity index (χ0n) is 8.72. The molecule has 92 valence electrons. The van der Waals surface area contributed by atoms with Crippen molar-refractivity contribution in [2.24, 2.45) is 0 Å². The molecule has 17 heavy (non-hydrogen) atoms. The van der Waals surface area contributed by atoms with Crippen LogP contribution in [0, 0.1) is 10.1 Å². The number of carbonyl (C=O) groups excluding carboxylic acids is 1. The zero-order valence-corrected chi connectivity index (χ0v) is 8.72. The second-order valence-electron chi connectivity index (χ2n) is 3.02. The first-order valence-electron chi connectivity index (χ1n) is 4.45. The number of nitrogens with zero attached hydrogens (tertiary/aromatic N) is 2. The van der Waals surface area contributed by atoms with Crippen molar-refractivity contribution in [3.63, 3.8) is 0 Å². The van der Waals surface area contributed by atoms with Gasteiger partial charge in [0.15, 0.2) is 0 Å². The zero-order chi connectivity index (χ0) is 13.0. The predicted octanol–water partition coefficient (Wildman–Crippen LogP) is 1.64. The fraction of sp³-hybridized carbons (Fsp3) is 0.333. The van der Waals surface area contributed by atoms with Crippen LogP contribution in [0.3, 0.4) is 0 Å². The molecule has 1 heterocycles. The van der Waals surface area contributed by atoms with Crippen molar-refractivity contribution < 1.29 is 23.2 Å². The molecule has 0 bridgehead atoms. The molecule has 1 rings (SSSR count). The number of alkyl halides is 2. The van der Waals surface area contributed by atoms with Crippen molar-refractivity contribution in [3.05, 3.63) is 33.5 Å². The highest BCUT2D eigenvalue weighted by atomic mass is 19.3. The van der Waals surface area contributed by atoms with Gasteiger partial charge >= 0.3 is 18.2 Å². The lowest BCUT2D eigenvalue weighted by Crippen LogP contribution is -2.09. The molecule has 6 nitrogen and oxygen atoms in total. The van der Waals surface area contributed by atoms with E-state index < -0.39 is 35.3 Å². The molecule has 0 fully saturated rings. The third kappa shape index (κ3) is 3.16. The van der Waals surface area contributed by atoms with Gasteiger partial charge in [0, 0.05) is 11.6 Å². The SMILES string of the molecule is COC(=O)Cc1ccc([N+](=O)[O-])nc1C(F)F. The maximum atomic E-state index is 12.6. The summed E-state index contributed by atoms with van der Waals surface area (Å²) < 4.78 is 29.5. The molecule has 0 aliphatic rings. The standard InChI is InChI=1S/C9H8F2N2O4/c1-17-7(14)4-5-2-3-6(13(15)16)12-8(5)9(10)11/h2-3,9H,4H2,1H3. The van der Waals surface area contributed by atoms with Gasteiger partial charge in [-0.25, -0.2) is 8.78 Å². The maximum Gasteiger partial charge on any atom is 0.363 e. The number of rotatable bonds is 4. The summed E-state index contributed by atoms with van der Waals surface area (Å²) in [6.07, 6.45) is -3.39. The minimum atomic E-state index is -2.99. The molecular weight excluding hydrogens is 238 g/mol. The van der Waals surface area contributed by atoms with Crippen molar-refractivity contribution in [1.29, 1.82) is 0 Å². The average Bonchev–Trinajstić information content (AvgIpc) is 2.28. The van der Waals surface area contributed by atoms with Crippen LogP contribution in [0.4, 0.5) is 14.6 Å². The largest absolute Gasteiger partial charge is 0.469 e. The molecule has 0 aliphatic carbocycles. The van der Waals surface area contributed by atoms with Gasteiger partial charge < -0.3 is 14.9 Å². The third-order valence-corrected chi connectivity index (χ3v) is 1.95. The van der Waals surface area contributed by atoms with E-state index in [1.165, 1.54) is 0 Å². The van der Waals surface area contributed by atoms with Gasteiger partial charge in [-0.1, -0.05) is 0 Å². The fourth-order valence-electron chi connectivity index (χ4n) is 1.16. The number of methoxy groups -OCH3 is 1. The van der Waals surface area contributed by atoms with Gasteiger partial charge in [-0.15, -0.1) is 0 Å². The molecular formula is C9H8F2N2O4. The normalized spacial score (nSPS) is 10.4. The van der Waals surface area contributed by atoms with Crippen LogP contribution in [0.5, 0.6) is 0 Å². The van der Waals surface area contributed by atoms with Crippen LogP contribution >= 0.6 is 0 Å².